The fourth-order valence-corrected chi connectivity index (χ4v) is 3.62. The summed E-state index contributed by atoms with van der Waals surface area (Å²) in [6, 6.07) is 6.46. The van der Waals surface area contributed by atoms with Gasteiger partial charge >= 0.3 is 0 Å². The molecule has 3 amide bonds. The Balaban J connectivity index is 1.43. The number of rotatable bonds is 5. The van der Waals surface area contributed by atoms with Crippen molar-refractivity contribution < 1.29 is 14.4 Å². The van der Waals surface area contributed by atoms with Crippen molar-refractivity contribution in [3.63, 3.8) is 0 Å². The lowest BCUT2D eigenvalue weighted by atomic mass is 10.1. The molecule has 1 fully saturated rings. The molecule has 0 saturated carbocycles. The summed E-state index contributed by atoms with van der Waals surface area (Å²) >= 11 is 0. The third kappa shape index (κ3) is 3.55. The van der Waals surface area contributed by atoms with E-state index in [1.165, 1.54) is 0 Å². The molecule has 0 spiro atoms. The van der Waals surface area contributed by atoms with Crippen LogP contribution in [0.4, 0.5) is 11.4 Å². The van der Waals surface area contributed by atoms with Crippen molar-refractivity contribution in [1.82, 2.24) is 14.7 Å². The monoisotopic (exact) mass is 367 g/mol. The van der Waals surface area contributed by atoms with Crippen LogP contribution < -0.4 is 10.6 Å². The zero-order valence-electron chi connectivity index (χ0n) is 14.9. The largest absolute Gasteiger partial charge is 0.327 e. The van der Waals surface area contributed by atoms with Crippen molar-refractivity contribution in [2.45, 2.75) is 38.3 Å². The summed E-state index contributed by atoms with van der Waals surface area (Å²) < 4.78 is 1.78. The summed E-state index contributed by atoms with van der Waals surface area (Å²) in [5.74, 6) is -0.429. The molecule has 1 aromatic heterocycles. The maximum absolute atomic E-state index is 12.8. The van der Waals surface area contributed by atoms with Crippen LogP contribution in [0.3, 0.4) is 0 Å². The van der Waals surface area contributed by atoms with E-state index in [2.05, 4.69) is 15.7 Å². The zero-order valence-corrected chi connectivity index (χ0v) is 14.9. The minimum Gasteiger partial charge on any atom is -0.327 e. The van der Waals surface area contributed by atoms with Crippen LogP contribution in [-0.2, 0) is 16.1 Å². The van der Waals surface area contributed by atoms with E-state index in [1.807, 2.05) is 12.3 Å². The first-order valence-electron chi connectivity index (χ1n) is 9.15. The molecule has 0 radical (unpaired) electrons. The van der Waals surface area contributed by atoms with Gasteiger partial charge in [-0.2, -0.15) is 5.10 Å². The molecule has 3 heterocycles. The molecule has 27 heavy (non-hydrogen) atoms. The van der Waals surface area contributed by atoms with Crippen molar-refractivity contribution in [2.24, 2.45) is 0 Å². The number of aromatic nitrogens is 2. The smallest absolute Gasteiger partial charge is 0.256 e. The molecular formula is C19H21N5O3. The quantitative estimate of drug-likeness (QED) is 0.843. The number of benzene rings is 1. The number of hydrogen-bond acceptors (Lipinski definition) is 4. The molecule has 0 aliphatic carbocycles. The van der Waals surface area contributed by atoms with Crippen molar-refractivity contribution in [1.29, 1.82) is 0 Å². The van der Waals surface area contributed by atoms with E-state index in [9.17, 15) is 14.4 Å². The number of fused-ring (bicyclic) bond motifs is 2. The fraction of sp³-hybridized carbons (Fsp3) is 0.368. The number of amides is 3. The number of hydrogen-bond donors (Lipinski definition) is 2. The van der Waals surface area contributed by atoms with Crippen LogP contribution in [0.2, 0.25) is 0 Å². The number of anilines is 2. The minimum atomic E-state index is -0.398. The number of carbonyl (C=O) groups excluding carboxylic acids is 3. The van der Waals surface area contributed by atoms with Crippen LogP contribution >= 0.6 is 0 Å². The average Bonchev–Trinajstić information content (AvgIpc) is 3.32. The van der Waals surface area contributed by atoms with Gasteiger partial charge in [-0.25, -0.2) is 0 Å². The SMILES string of the molecule is O=C(CCCn1cccn1)Nc1ccc2c(c1)C(=O)N1CCCC1C(=O)N2. The maximum Gasteiger partial charge on any atom is 0.256 e. The van der Waals surface area contributed by atoms with Gasteiger partial charge in [-0.3, -0.25) is 19.1 Å². The molecule has 4 rings (SSSR count). The Bertz CT molecular complexity index is 877. The van der Waals surface area contributed by atoms with Gasteiger partial charge in [0.05, 0.1) is 11.3 Å². The van der Waals surface area contributed by atoms with Gasteiger partial charge in [0.1, 0.15) is 6.04 Å². The highest BCUT2D eigenvalue weighted by Crippen LogP contribution is 2.30. The lowest BCUT2D eigenvalue weighted by molar-refractivity contribution is -0.119. The van der Waals surface area contributed by atoms with Crippen LogP contribution in [0.25, 0.3) is 0 Å². The highest BCUT2D eigenvalue weighted by atomic mass is 16.2. The predicted octanol–water partition coefficient (Wildman–Crippen LogP) is 1.86. The summed E-state index contributed by atoms with van der Waals surface area (Å²) in [6.07, 6.45) is 6.10. The van der Waals surface area contributed by atoms with Crippen molar-refractivity contribution in [3.05, 3.63) is 42.2 Å². The summed E-state index contributed by atoms with van der Waals surface area (Å²) in [7, 11) is 0. The minimum absolute atomic E-state index is 0.119. The van der Waals surface area contributed by atoms with Gasteiger partial charge in [-0.05, 0) is 43.5 Å². The molecule has 2 aliphatic rings. The molecule has 140 valence electrons. The normalized spacial score (nSPS) is 18.5. The Hall–Kier alpha value is -3.16. The van der Waals surface area contributed by atoms with Gasteiger partial charge in [-0.15, -0.1) is 0 Å². The highest BCUT2D eigenvalue weighted by Gasteiger charge is 2.38. The topological polar surface area (TPSA) is 96.3 Å². The summed E-state index contributed by atoms with van der Waals surface area (Å²) in [5, 5.41) is 9.77. The van der Waals surface area contributed by atoms with Crippen LogP contribution in [0.5, 0.6) is 0 Å². The van der Waals surface area contributed by atoms with Crippen molar-refractivity contribution in [3.8, 4) is 0 Å². The molecule has 0 bridgehead atoms. The van der Waals surface area contributed by atoms with Crippen molar-refractivity contribution >= 4 is 29.1 Å². The standard InChI is InChI=1S/C19H21N5O3/c25-17(5-2-9-23-10-3-8-20-23)21-13-6-7-15-14(12-13)19(27)24-11-1-4-16(24)18(26)22-15/h3,6-8,10,12,16H,1-2,4-5,9,11H2,(H,21,25)(H,22,26). The van der Waals surface area contributed by atoms with Gasteiger partial charge < -0.3 is 15.5 Å². The molecule has 2 aromatic rings. The van der Waals surface area contributed by atoms with E-state index < -0.39 is 6.04 Å². The van der Waals surface area contributed by atoms with Crippen LogP contribution in [0.15, 0.2) is 36.7 Å². The van der Waals surface area contributed by atoms with Gasteiger partial charge in [0.25, 0.3) is 5.91 Å². The lowest BCUT2D eigenvalue weighted by Gasteiger charge is -2.20. The van der Waals surface area contributed by atoms with Crippen LogP contribution in [0.1, 0.15) is 36.0 Å². The molecule has 8 heteroatoms. The Morgan fingerprint density at radius 2 is 2.22 bits per heavy atom. The van der Waals surface area contributed by atoms with Gasteiger partial charge in [0.15, 0.2) is 0 Å². The first-order chi connectivity index (χ1) is 13.1. The fourth-order valence-electron chi connectivity index (χ4n) is 3.62. The molecule has 2 N–H and O–H groups in total. The van der Waals surface area contributed by atoms with Gasteiger partial charge in [0.2, 0.25) is 11.8 Å². The number of aryl methyl sites for hydroxylation is 1. The summed E-state index contributed by atoms with van der Waals surface area (Å²) in [5.41, 5.74) is 1.47. The molecule has 2 aliphatic heterocycles. The summed E-state index contributed by atoms with van der Waals surface area (Å²) in [6.45, 7) is 1.26. The second kappa shape index (κ2) is 7.22. The molecular weight excluding hydrogens is 346 g/mol. The molecule has 8 nitrogen and oxygen atoms in total. The van der Waals surface area contributed by atoms with Gasteiger partial charge in [0, 0.05) is 37.6 Å². The van der Waals surface area contributed by atoms with Crippen LogP contribution in [-0.4, -0.2) is 45.0 Å². The Morgan fingerprint density at radius 3 is 3.04 bits per heavy atom. The number of nitrogens with zero attached hydrogens (tertiary/aromatic N) is 3. The van der Waals surface area contributed by atoms with E-state index in [-0.39, 0.29) is 17.7 Å². The van der Waals surface area contributed by atoms with Gasteiger partial charge in [-0.1, -0.05) is 0 Å². The lowest BCUT2D eigenvalue weighted by Crippen LogP contribution is -2.40. The van der Waals surface area contributed by atoms with Crippen molar-refractivity contribution in [2.75, 3.05) is 17.2 Å². The predicted molar refractivity (Wildman–Crippen MR) is 99.2 cm³/mol. The number of nitrogens with one attached hydrogen (secondary N) is 2. The average molecular weight is 367 g/mol. The second-order valence-corrected chi connectivity index (χ2v) is 6.83. The molecule has 1 saturated heterocycles. The molecule has 1 unspecified atom stereocenters. The van der Waals surface area contributed by atoms with Crippen LogP contribution in [0, 0.1) is 0 Å². The van der Waals surface area contributed by atoms with E-state index in [1.54, 1.807) is 34.0 Å². The third-order valence-electron chi connectivity index (χ3n) is 4.96. The first kappa shape index (κ1) is 17.3. The van der Waals surface area contributed by atoms with E-state index in [0.717, 1.165) is 6.42 Å². The Labute approximate surface area is 156 Å². The summed E-state index contributed by atoms with van der Waals surface area (Å²) in [4.78, 5) is 38.9. The highest BCUT2D eigenvalue weighted by molar-refractivity contribution is 6.11. The second-order valence-electron chi connectivity index (χ2n) is 6.83. The third-order valence-corrected chi connectivity index (χ3v) is 4.96. The van der Waals surface area contributed by atoms with E-state index in [4.69, 9.17) is 0 Å². The Kier molecular flexibility index (Phi) is 4.62. The maximum atomic E-state index is 12.8. The van der Waals surface area contributed by atoms with E-state index in [0.29, 0.717) is 49.3 Å². The zero-order chi connectivity index (χ0) is 18.8. The molecule has 1 atom stereocenters. The van der Waals surface area contributed by atoms with E-state index >= 15 is 0 Å². The first-order valence-corrected chi connectivity index (χ1v) is 9.15. The Morgan fingerprint density at radius 1 is 1.33 bits per heavy atom. The number of carbonyl (C=O) groups is 3. The molecule has 1 aromatic carbocycles.